The van der Waals surface area contributed by atoms with E-state index in [9.17, 15) is 0 Å². The van der Waals surface area contributed by atoms with Gasteiger partial charge < -0.3 is 5.32 Å². The lowest BCUT2D eigenvalue weighted by molar-refractivity contribution is 0.165. The van der Waals surface area contributed by atoms with Gasteiger partial charge in [0.05, 0.1) is 0 Å². The van der Waals surface area contributed by atoms with Gasteiger partial charge >= 0.3 is 0 Å². The smallest absolute Gasteiger partial charge is 0.0237 e. The number of benzene rings is 1. The molecular weight excluding hydrogens is 252 g/mol. The topological polar surface area (TPSA) is 15.3 Å². The summed E-state index contributed by atoms with van der Waals surface area (Å²) in [4.78, 5) is 3.89. The van der Waals surface area contributed by atoms with Crippen LogP contribution < -0.4 is 5.32 Å². The van der Waals surface area contributed by atoms with Crippen molar-refractivity contribution in [3.63, 3.8) is 0 Å². The van der Waals surface area contributed by atoms with Gasteiger partial charge in [0.15, 0.2) is 0 Å². The Morgan fingerprint density at radius 2 is 2.06 bits per heavy atom. The molecule has 1 aromatic carbocycles. The fourth-order valence-electron chi connectivity index (χ4n) is 2.08. The molecule has 1 fully saturated rings. The molecule has 0 radical (unpaired) electrons. The molecule has 1 aromatic rings. The van der Waals surface area contributed by atoms with Crippen LogP contribution in [0.1, 0.15) is 12.5 Å². The van der Waals surface area contributed by atoms with Crippen molar-refractivity contribution >= 4 is 24.2 Å². The fraction of sp³-hybridized carbons (Fsp3) is 0.538. The third kappa shape index (κ3) is 4.18. The normalized spacial score (nSPS) is 20.9. The number of piperazine rings is 1. The van der Waals surface area contributed by atoms with Crippen LogP contribution in [0.3, 0.4) is 0 Å². The molecule has 2 rings (SSSR count). The average Bonchev–Trinajstić information content (AvgIpc) is 2.33. The molecule has 2 nitrogen and oxygen atoms in total. The second kappa shape index (κ2) is 7.27. The Balaban J connectivity index is 0.00000144. The van der Waals surface area contributed by atoms with Crippen LogP contribution in [-0.2, 0) is 6.54 Å². The third-order valence-corrected chi connectivity index (χ3v) is 3.93. The molecule has 1 atom stereocenters. The standard InChI is InChI=1S/C13H20N2S.ClH/c1-11-9-14-7-8-15(11)10-12-3-5-13(16-2)6-4-12;/h3-6,11,14H,7-10H2,1-2H3;1H/t11-;/m0./s1. The molecule has 0 aliphatic carbocycles. The highest BCUT2D eigenvalue weighted by atomic mass is 35.5. The van der Waals surface area contributed by atoms with Gasteiger partial charge in [-0.1, -0.05) is 12.1 Å². The van der Waals surface area contributed by atoms with Crippen molar-refractivity contribution in [1.29, 1.82) is 0 Å². The Labute approximate surface area is 115 Å². The largest absolute Gasteiger partial charge is 0.314 e. The number of rotatable bonds is 3. The molecule has 96 valence electrons. The SMILES string of the molecule is CSc1ccc(CN2CCNC[C@@H]2C)cc1.Cl. The second-order valence-electron chi connectivity index (χ2n) is 4.37. The average molecular weight is 273 g/mol. The molecule has 0 unspecified atom stereocenters. The van der Waals surface area contributed by atoms with Crippen molar-refractivity contribution in [2.75, 3.05) is 25.9 Å². The first-order valence-electron chi connectivity index (χ1n) is 5.87. The van der Waals surface area contributed by atoms with Gasteiger partial charge in [0.25, 0.3) is 0 Å². The molecule has 1 aliphatic rings. The molecule has 1 heterocycles. The summed E-state index contributed by atoms with van der Waals surface area (Å²) < 4.78 is 0. The first-order chi connectivity index (χ1) is 7.79. The first kappa shape index (κ1) is 14.8. The number of nitrogens with zero attached hydrogens (tertiary/aromatic N) is 1. The summed E-state index contributed by atoms with van der Waals surface area (Å²) in [5, 5.41) is 3.42. The van der Waals surface area contributed by atoms with E-state index in [-0.39, 0.29) is 12.4 Å². The molecule has 1 saturated heterocycles. The highest BCUT2D eigenvalue weighted by Crippen LogP contribution is 2.16. The van der Waals surface area contributed by atoms with E-state index >= 15 is 0 Å². The van der Waals surface area contributed by atoms with Gasteiger partial charge in [-0.3, -0.25) is 4.90 Å². The van der Waals surface area contributed by atoms with Crippen LogP contribution in [0.2, 0.25) is 0 Å². The summed E-state index contributed by atoms with van der Waals surface area (Å²) in [6, 6.07) is 9.58. The van der Waals surface area contributed by atoms with Crippen LogP contribution >= 0.6 is 24.2 Å². The van der Waals surface area contributed by atoms with Crippen molar-refractivity contribution in [2.45, 2.75) is 24.4 Å². The lowest BCUT2D eigenvalue weighted by atomic mass is 10.1. The quantitative estimate of drug-likeness (QED) is 0.852. The zero-order valence-corrected chi connectivity index (χ0v) is 12.1. The molecule has 1 N–H and O–H groups in total. The van der Waals surface area contributed by atoms with E-state index in [4.69, 9.17) is 0 Å². The molecule has 0 saturated carbocycles. The van der Waals surface area contributed by atoms with Gasteiger partial charge in [-0.25, -0.2) is 0 Å². The van der Waals surface area contributed by atoms with E-state index in [2.05, 4.69) is 47.7 Å². The molecule has 0 amide bonds. The Bertz CT molecular complexity index is 329. The summed E-state index contributed by atoms with van der Waals surface area (Å²) in [5.41, 5.74) is 1.42. The maximum absolute atomic E-state index is 3.42. The van der Waals surface area contributed by atoms with Crippen LogP contribution in [0, 0.1) is 0 Å². The summed E-state index contributed by atoms with van der Waals surface area (Å²) in [6.07, 6.45) is 2.12. The van der Waals surface area contributed by atoms with Crippen molar-refractivity contribution in [1.82, 2.24) is 10.2 Å². The third-order valence-electron chi connectivity index (χ3n) is 3.18. The van der Waals surface area contributed by atoms with E-state index in [0.29, 0.717) is 6.04 Å². The summed E-state index contributed by atoms with van der Waals surface area (Å²) in [5.74, 6) is 0. The summed E-state index contributed by atoms with van der Waals surface area (Å²) >= 11 is 1.80. The predicted molar refractivity (Wildman–Crippen MR) is 78.2 cm³/mol. The Hall–Kier alpha value is -0.220. The highest BCUT2D eigenvalue weighted by Gasteiger charge is 2.17. The van der Waals surface area contributed by atoms with E-state index in [0.717, 1.165) is 26.2 Å². The fourth-order valence-corrected chi connectivity index (χ4v) is 2.49. The zero-order chi connectivity index (χ0) is 11.4. The first-order valence-corrected chi connectivity index (χ1v) is 7.10. The zero-order valence-electron chi connectivity index (χ0n) is 10.5. The minimum absolute atomic E-state index is 0. The molecule has 4 heteroatoms. The second-order valence-corrected chi connectivity index (χ2v) is 5.25. The van der Waals surface area contributed by atoms with Crippen molar-refractivity contribution < 1.29 is 0 Å². The molecule has 0 aromatic heterocycles. The van der Waals surface area contributed by atoms with Crippen LogP contribution in [0.15, 0.2) is 29.2 Å². The minimum Gasteiger partial charge on any atom is -0.314 e. The molecule has 17 heavy (non-hydrogen) atoms. The van der Waals surface area contributed by atoms with Crippen LogP contribution in [0.4, 0.5) is 0 Å². The predicted octanol–water partition coefficient (Wildman–Crippen LogP) is 2.62. The Morgan fingerprint density at radius 3 is 2.65 bits per heavy atom. The molecular formula is C13H21ClN2S. The summed E-state index contributed by atoms with van der Waals surface area (Å²) in [6.45, 7) is 6.77. The van der Waals surface area contributed by atoms with Gasteiger partial charge in [-0.15, -0.1) is 24.2 Å². The van der Waals surface area contributed by atoms with Crippen molar-refractivity contribution in [2.24, 2.45) is 0 Å². The van der Waals surface area contributed by atoms with Gasteiger partial charge in [-0.2, -0.15) is 0 Å². The Kier molecular flexibility index (Phi) is 6.34. The maximum atomic E-state index is 3.42. The number of hydrogen-bond acceptors (Lipinski definition) is 3. The summed E-state index contributed by atoms with van der Waals surface area (Å²) in [7, 11) is 0. The van der Waals surface area contributed by atoms with Gasteiger partial charge in [0.1, 0.15) is 0 Å². The van der Waals surface area contributed by atoms with Crippen LogP contribution in [0.5, 0.6) is 0 Å². The van der Waals surface area contributed by atoms with Crippen LogP contribution in [-0.4, -0.2) is 36.8 Å². The minimum atomic E-state index is 0. The van der Waals surface area contributed by atoms with Crippen molar-refractivity contribution in [3.05, 3.63) is 29.8 Å². The monoisotopic (exact) mass is 272 g/mol. The molecule has 0 bridgehead atoms. The Morgan fingerprint density at radius 1 is 1.35 bits per heavy atom. The number of nitrogens with one attached hydrogen (secondary N) is 1. The van der Waals surface area contributed by atoms with Crippen LogP contribution in [0.25, 0.3) is 0 Å². The van der Waals surface area contributed by atoms with Gasteiger partial charge in [0, 0.05) is 37.1 Å². The number of thioether (sulfide) groups is 1. The van der Waals surface area contributed by atoms with E-state index in [1.807, 2.05) is 0 Å². The highest BCUT2D eigenvalue weighted by molar-refractivity contribution is 7.98. The lowest BCUT2D eigenvalue weighted by Crippen LogP contribution is -2.49. The molecule has 1 aliphatic heterocycles. The van der Waals surface area contributed by atoms with E-state index < -0.39 is 0 Å². The molecule has 0 spiro atoms. The van der Waals surface area contributed by atoms with Crippen molar-refractivity contribution in [3.8, 4) is 0 Å². The maximum Gasteiger partial charge on any atom is 0.0237 e. The lowest BCUT2D eigenvalue weighted by Gasteiger charge is -2.33. The number of halogens is 1. The van der Waals surface area contributed by atoms with Gasteiger partial charge in [0.2, 0.25) is 0 Å². The van der Waals surface area contributed by atoms with Gasteiger partial charge in [-0.05, 0) is 30.9 Å². The van der Waals surface area contributed by atoms with E-state index in [1.54, 1.807) is 11.8 Å². The number of hydrogen-bond donors (Lipinski definition) is 1. The van der Waals surface area contributed by atoms with E-state index in [1.165, 1.54) is 10.5 Å².